The van der Waals surface area contributed by atoms with Crippen molar-refractivity contribution in [1.82, 2.24) is 10.6 Å². The van der Waals surface area contributed by atoms with E-state index in [1.54, 1.807) is 17.7 Å². The van der Waals surface area contributed by atoms with E-state index in [0.29, 0.717) is 12.3 Å². The molecule has 0 bridgehead atoms. The zero-order valence-electron chi connectivity index (χ0n) is 17.4. The van der Waals surface area contributed by atoms with Crippen molar-refractivity contribution in [3.05, 3.63) is 65.6 Å². The van der Waals surface area contributed by atoms with Gasteiger partial charge in [-0.3, -0.25) is 4.79 Å². The maximum atomic E-state index is 12.0. The first-order chi connectivity index (χ1) is 14.2. The van der Waals surface area contributed by atoms with Crippen molar-refractivity contribution in [3.8, 4) is 0 Å². The third-order valence-corrected chi connectivity index (χ3v) is 4.84. The van der Waals surface area contributed by atoms with Gasteiger partial charge in [0.1, 0.15) is 0 Å². The molecular weight excluding hydrogens is 491 g/mol. The minimum absolute atomic E-state index is 0. The maximum absolute atomic E-state index is 12.0. The van der Waals surface area contributed by atoms with Gasteiger partial charge in [0.15, 0.2) is 11.7 Å². The SMILES string of the molecule is CCNC(=NCc1ccc(NC(=O)c2ccco2)cc1)NCCC1=CCCCC1.I. The predicted octanol–water partition coefficient (Wildman–Crippen LogP) is 5.10. The van der Waals surface area contributed by atoms with E-state index in [9.17, 15) is 4.79 Å². The van der Waals surface area contributed by atoms with E-state index < -0.39 is 0 Å². The molecule has 0 fully saturated rings. The molecule has 2 aromatic rings. The van der Waals surface area contributed by atoms with Crippen LogP contribution in [0.5, 0.6) is 0 Å². The summed E-state index contributed by atoms with van der Waals surface area (Å²) in [6.07, 6.45) is 10.1. The molecule has 3 rings (SSSR count). The second-order valence-corrected chi connectivity index (χ2v) is 7.11. The van der Waals surface area contributed by atoms with Crippen molar-refractivity contribution in [2.75, 3.05) is 18.4 Å². The Morgan fingerprint density at radius 3 is 2.63 bits per heavy atom. The molecule has 0 atom stereocenters. The monoisotopic (exact) mass is 522 g/mol. The summed E-state index contributed by atoms with van der Waals surface area (Å²) in [5.41, 5.74) is 3.37. The zero-order chi connectivity index (χ0) is 20.3. The summed E-state index contributed by atoms with van der Waals surface area (Å²) in [6.45, 7) is 4.36. The van der Waals surface area contributed by atoms with Crippen LogP contribution in [-0.4, -0.2) is 25.0 Å². The molecule has 1 amide bonds. The predicted molar refractivity (Wildman–Crippen MR) is 133 cm³/mol. The molecule has 30 heavy (non-hydrogen) atoms. The van der Waals surface area contributed by atoms with Crippen LogP contribution in [0.15, 0.2) is 63.7 Å². The summed E-state index contributed by atoms with van der Waals surface area (Å²) in [5.74, 6) is 0.871. The molecule has 0 spiro atoms. The van der Waals surface area contributed by atoms with Gasteiger partial charge in [0, 0.05) is 18.8 Å². The normalized spacial score (nSPS) is 13.8. The summed E-state index contributed by atoms with van der Waals surface area (Å²) < 4.78 is 5.10. The number of carbonyl (C=O) groups is 1. The summed E-state index contributed by atoms with van der Waals surface area (Å²) in [7, 11) is 0. The first kappa shape index (κ1) is 24.0. The van der Waals surface area contributed by atoms with Crippen molar-refractivity contribution in [3.63, 3.8) is 0 Å². The van der Waals surface area contributed by atoms with E-state index in [1.807, 2.05) is 24.3 Å². The minimum Gasteiger partial charge on any atom is -0.459 e. The minimum atomic E-state index is -0.257. The van der Waals surface area contributed by atoms with Gasteiger partial charge >= 0.3 is 0 Å². The van der Waals surface area contributed by atoms with E-state index in [0.717, 1.165) is 36.7 Å². The molecule has 1 aliphatic carbocycles. The molecule has 7 heteroatoms. The molecule has 6 nitrogen and oxygen atoms in total. The average Bonchev–Trinajstić information content (AvgIpc) is 3.29. The summed E-state index contributed by atoms with van der Waals surface area (Å²) in [5, 5.41) is 9.53. The molecule has 0 saturated carbocycles. The van der Waals surface area contributed by atoms with Crippen LogP contribution >= 0.6 is 24.0 Å². The number of hydrogen-bond acceptors (Lipinski definition) is 3. The molecule has 1 heterocycles. The highest BCUT2D eigenvalue weighted by Crippen LogP contribution is 2.19. The molecule has 1 aromatic heterocycles. The zero-order valence-corrected chi connectivity index (χ0v) is 19.8. The lowest BCUT2D eigenvalue weighted by atomic mass is 9.97. The quantitative estimate of drug-likeness (QED) is 0.195. The Kier molecular flexibility index (Phi) is 10.5. The fraction of sp³-hybridized carbons (Fsp3) is 0.391. The first-order valence-electron chi connectivity index (χ1n) is 10.4. The van der Waals surface area contributed by atoms with Crippen molar-refractivity contribution in [2.45, 2.75) is 45.6 Å². The molecule has 3 N–H and O–H groups in total. The van der Waals surface area contributed by atoms with Crippen molar-refractivity contribution >= 4 is 41.5 Å². The van der Waals surface area contributed by atoms with Crippen LogP contribution in [0.3, 0.4) is 0 Å². The first-order valence-corrected chi connectivity index (χ1v) is 10.4. The van der Waals surface area contributed by atoms with Gasteiger partial charge < -0.3 is 20.4 Å². The lowest BCUT2D eigenvalue weighted by Crippen LogP contribution is -2.37. The lowest BCUT2D eigenvalue weighted by molar-refractivity contribution is 0.0996. The van der Waals surface area contributed by atoms with E-state index in [2.05, 4.69) is 33.9 Å². The van der Waals surface area contributed by atoms with Gasteiger partial charge in [-0.15, -0.1) is 24.0 Å². The third kappa shape index (κ3) is 7.85. The molecule has 1 aromatic carbocycles. The number of guanidine groups is 1. The van der Waals surface area contributed by atoms with Crippen LogP contribution in [0.25, 0.3) is 0 Å². The molecule has 0 aliphatic heterocycles. The van der Waals surface area contributed by atoms with Gasteiger partial charge in [0.05, 0.1) is 12.8 Å². The van der Waals surface area contributed by atoms with Crippen molar-refractivity contribution in [2.24, 2.45) is 4.99 Å². The number of benzene rings is 1. The number of carbonyl (C=O) groups excluding carboxylic acids is 1. The third-order valence-electron chi connectivity index (χ3n) is 4.84. The molecule has 0 unspecified atom stereocenters. The van der Waals surface area contributed by atoms with Gasteiger partial charge in [-0.05, 0) is 68.9 Å². The van der Waals surface area contributed by atoms with Crippen LogP contribution in [0.4, 0.5) is 5.69 Å². The summed E-state index contributed by atoms with van der Waals surface area (Å²) in [4.78, 5) is 16.7. The van der Waals surface area contributed by atoms with Crippen LogP contribution in [0.2, 0.25) is 0 Å². The van der Waals surface area contributed by atoms with Gasteiger partial charge in [-0.25, -0.2) is 4.99 Å². The number of anilines is 1. The van der Waals surface area contributed by atoms with Gasteiger partial charge in [-0.1, -0.05) is 23.8 Å². The number of halogens is 1. The number of rotatable bonds is 8. The molecule has 162 valence electrons. The van der Waals surface area contributed by atoms with E-state index in [-0.39, 0.29) is 29.9 Å². The summed E-state index contributed by atoms with van der Waals surface area (Å²) in [6, 6.07) is 11.0. The Bertz CT molecular complexity index is 829. The highest BCUT2D eigenvalue weighted by molar-refractivity contribution is 14.0. The van der Waals surface area contributed by atoms with E-state index in [4.69, 9.17) is 4.42 Å². The van der Waals surface area contributed by atoms with Crippen LogP contribution in [0.1, 0.15) is 55.1 Å². The number of aliphatic imine (C=N–C) groups is 1. The number of nitrogens with zero attached hydrogens (tertiary/aromatic N) is 1. The largest absolute Gasteiger partial charge is 0.459 e. The van der Waals surface area contributed by atoms with Crippen molar-refractivity contribution in [1.29, 1.82) is 0 Å². The summed E-state index contributed by atoms with van der Waals surface area (Å²) >= 11 is 0. The van der Waals surface area contributed by atoms with E-state index >= 15 is 0 Å². The number of amides is 1. The highest BCUT2D eigenvalue weighted by atomic mass is 127. The van der Waals surface area contributed by atoms with Gasteiger partial charge in [0.2, 0.25) is 0 Å². The number of furan rings is 1. The Morgan fingerprint density at radius 2 is 1.97 bits per heavy atom. The average molecular weight is 522 g/mol. The van der Waals surface area contributed by atoms with E-state index in [1.165, 1.54) is 31.9 Å². The number of allylic oxidation sites excluding steroid dienone is 1. The molecule has 1 aliphatic rings. The number of hydrogen-bond donors (Lipinski definition) is 3. The second-order valence-electron chi connectivity index (χ2n) is 7.11. The Hall–Kier alpha value is -2.29. The fourth-order valence-corrected chi connectivity index (χ4v) is 3.28. The molecule has 0 saturated heterocycles. The highest BCUT2D eigenvalue weighted by Gasteiger charge is 2.08. The van der Waals surface area contributed by atoms with Crippen molar-refractivity contribution < 1.29 is 9.21 Å². The fourth-order valence-electron chi connectivity index (χ4n) is 3.28. The number of nitrogens with one attached hydrogen (secondary N) is 3. The smallest absolute Gasteiger partial charge is 0.291 e. The lowest BCUT2D eigenvalue weighted by Gasteiger charge is -2.15. The topological polar surface area (TPSA) is 78.7 Å². The maximum Gasteiger partial charge on any atom is 0.291 e. The molecular formula is C23H31IN4O2. The Morgan fingerprint density at radius 1 is 1.13 bits per heavy atom. The van der Waals surface area contributed by atoms with Gasteiger partial charge in [-0.2, -0.15) is 0 Å². The Labute approximate surface area is 195 Å². The standard InChI is InChI=1S/C23H30N4O2.HI/c1-2-24-23(25-15-14-18-7-4-3-5-8-18)26-17-19-10-12-20(13-11-19)27-22(28)21-9-6-16-29-21;/h6-7,9-13,16H,2-5,8,14-15,17H2,1H3,(H,27,28)(H2,24,25,26);1H. The Balaban J connectivity index is 0.00000320. The van der Waals surface area contributed by atoms with Gasteiger partial charge in [0.25, 0.3) is 5.91 Å². The second kappa shape index (κ2) is 13.1. The van der Waals surface area contributed by atoms with Crippen LogP contribution in [-0.2, 0) is 6.54 Å². The van der Waals surface area contributed by atoms with Crippen LogP contribution in [0, 0.1) is 0 Å². The van der Waals surface area contributed by atoms with Crippen LogP contribution < -0.4 is 16.0 Å². The molecule has 0 radical (unpaired) electrons.